The maximum absolute atomic E-state index is 5.54. The lowest BCUT2D eigenvalue weighted by Gasteiger charge is -2.19. The fourth-order valence-corrected chi connectivity index (χ4v) is 1.03. The Morgan fingerprint density at radius 2 is 1.92 bits per heavy atom. The summed E-state index contributed by atoms with van der Waals surface area (Å²) in [6.07, 6.45) is 1.18. The van der Waals surface area contributed by atoms with Crippen LogP contribution in [-0.4, -0.2) is 30.6 Å². The molecule has 0 spiro atoms. The molecule has 0 heterocycles. The Bertz CT molecular complexity index is 101. The van der Waals surface area contributed by atoms with Gasteiger partial charge in [0, 0.05) is 11.9 Å². The minimum Gasteiger partial charge on any atom is -0.375 e. The van der Waals surface area contributed by atoms with Crippen LogP contribution in [0.25, 0.3) is 0 Å². The topological polar surface area (TPSA) is 21.3 Å². The van der Waals surface area contributed by atoms with E-state index in [-0.39, 0.29) is 5.60 Å². The Morgan fingerprint density at radius 1 is 1.25 bits per heavy atom. The molecule has 0 aliphatic carbocycles. The van der Waals surface area contributed by atoms with Crippen LogP contribution in [0.5, 0.6) is 0 Å². The van der Waals surface area contributed by atoms with Crippen molar-refractivity contribution < 1.29 is 4.74 Å². The highest BCUT2D eigenvalue weighted by Crippen LogP contribution is 2.04. The molecule has 1 N–H and O–H groups in total. The molecule has 0 aliphatic heterocycles. The molecule has 0 radical (unpaired) electrons. The van der Waals surface area contributed by atoms with Crippen molar-refractivity contribution in [1.29, 1.82) is 0 Å². The Labute approximate surface area is 84.2 Å². The quantitative estimate of drug-likeness (QED) is 0.565. The van der Waals surface area contributed by atoms with Gasteiger partial charge in [0.1, 0.15) is 0 Å². The zero-order valence-corrected chi connectivity index (χ0v) is 9.91. The fourth-order valence-electron chi connectivity index (χ4n) is 0.746. The molecule has 0 fully saturated rings. The maximum Gasteiger partial charge on any atom is 0.0599 e. The minimum atomic E-state index is -0.00287. The van der Waals surface area contributed by atoms with E-state index < -0.39 is 0 Å². The van der Waals surface area contributed by atoms with E-state index in [9.17, 15) is 0 Å². The van der Waals surface area contributed by atoms with Gasteiger partial charge < -0.3 is 10.1 Å². The first-order valence-corrected chi connectivity index (χ1v) is 5.59. The normalized spacial score (nSPS) is 12.0. The SMILES string of the molecule is CC(C)(C)OCCNCCCBr. The first-order chi connectivity index (χ1) is 5.56. The van der Waals surface area contributed by atoms with Gasteiger partial charge in [0.25, 0.3) is 0 Å². The van der Waals surface area contributed by atoms with E-state index in [0.29, 0.717) is 0 Å². The van der Waals surface area contributed by atoms with Crippen LogP contribution in [0, 0.1) is 0 Å². The van der Waals surface area contributed by atoms with E-state index in [4.69, 9.17) is 4.74 Å². The van der Waals surface area contributed by atoms with Gasteiger partial charge in [-0.2, -0.15) is 0 Å². The van der Waals surface area contributed by atoms with Crippen molar-refractivity contribution in [2.24, 2.45) is 0 Å². The lowest BCUT2D eigenvalue weighted by molar-refractivity contribution is -0.000718. The molecule has 12 heavy (non-hydrogen) atoms. The second kappa shape index (κ2) is 6.87. The average molecular weight is 238 g/mol. The summed E-state index contributed by atoms with van der Waals surface area (Å²) in [5, 5.41) is 4.37. The summed E-state index contributed by atoms with van der Waals surface area (Å²) in [4.78, 5) is 0. The number of nitrogens with one attached hydrogen (secondary N) is 1. The zero-order valence-electron chi connectivity index (χ0n) is 8.32. The van der Waals surface area contributed by atoms with Crippen molar-refractivity contribution in [2.75, 3.05) is 25.0 Å². The number of alkyl halides is 1. The van der Waals surface area contributed by atoms with Crippen LogP contribution >= 0.6 is 15.9 Å². The molecule has 0 amide bonds. The average Bonchev–Trinajstić information content (AvgIpc) is 1.94. The molecule has 0 rings (SSSR count). The number of rotatable bonds is 6. The first kappa shape index (κ1) is 12.4. The van der Waals surface area contributed by atoms with Crippen LogP contribution in [0.2, 0.25) is 0 Å². The summed E-state index contributed by atoms with van der Waals surface area (Å²) < 4.78 is 5.54. The van der Waals surface area contributed by atoms with E-state index >= 15 is 0 Å². The van der Waals surface area contributed by atoms with Gasteiger partial charge in [-0.1, -0.05) is 15.9 Å². The number of ether oxygens (including phenoxy) is 1. The first-order valence-electron chi connectivity index (χ1n) is 4.47. The molecule has 0 unspecified atom stereocenters. The molecular weight excluding hydrogens is 218 g/mol. The third kappa shape index (κ3) is 10.4. The lowest BCUT2D eigenvalue weighted by atomic mass is 10.2. The predicted molar refractivity (Wildman–Crippen MR) is 57.0 cm³/mol. The monoisotopic (exact) mass is 237 g/mol. The largest absolute Gasteiger partial charge is 0.375 e. The molecule has 0 saturated heterocycles. The van der Waals surface area contributed by atoms with E-state index in [1.807, 2.05) is 0 Å². The van der Waals surface area contributed by atoms with E-state index in [0.717, 1.165) is 25.0 Å². The van der Waals surface area contributed by atoms with Crippen molar-refractivity contribution in [2.45, 2.75) is 32.8 Å². The lowest BCUT2D eigenvalue weighted by Crippen LogP contribution is -2.27. The van der Waals surface area contributed by atoms with Gasteiger partial charge >= 0.3 is 0 Å². The smallest absolute Gasteiger partial charge is 0.0599 e. The molecule has 0 aromatic carbocycles. The molecule has 74 valence electrons. The van der Waals surface area contributed by atoms with Crippen LogP contribution < -0.4 is 5.32 Å². The van der Waals surface area contributed by atoms with Gasteiger partial charge in [-0.05, 0) is 33.7 Å². The standard InChI is InChI=1S/C9H20BrNO/c1-9(2,3)12-8-7-11-6-4-5-10/h11H,4-8H2,1-3H3. The Kier molecular flexibility index (Phi) is 7.10. The van der Waals surface area contributed by atoms with E-state index in [2.05, 4.69) is 42.0 Å². The highest BCUT2D eigenvalue weighted by atomic mass is 79.9. The van der Waals surface area contributed by atoms with Gasteiger partial charge in [0.15, 0.2) is 0 Å². The van der Waals surface area contributed by atoms with E-state index in [1.54, 1.807) is 0 Å². The second-order valence-electron chi connectivity index (χ2n) is 3.75. The summed E-state index contributed by atoms with van der Waals surface area (Å²) in [5.41, 5.74) is -0.00287. The summed E-state index contributed by atoms with van der Waals surface area (Å²) in [6, 6.07) is 0. The number of halogens is 1. The predicted octanol–water partition coefficient (Wildman–Crippen LogP) is 2.18. The molecule has 0 aliphatic rings. The van der Waals surface area contributed by atoms with Crippen LogP contribution in [-0.2, 0) is 4.74 Å². The number of hydrogen-bond donors (Lipinski definition) is 1. The number of hydrogen-bond acceptors (Lipinski definition) is 2. The third-order valence-corrected chi connectivity index (χ3v) is 1.86. The molecule has 0 atom stereocenters. The summed E-state index contributed by atoms with van der Waals surface area (Å²) in [5.74, 6) is 0. The van der Waals surface area contributed by atoms with Gasteiger partial charge in [0.05, 0.1) is 12.2 Å². The van der Waals surface area contributed by atoms with Crippen molar-refractivity contribution in [3.8, 4) is 0 Å². The molecule has 3 heteroatoms. The summed E-state index contributed by atoms with van der Waals surface area (Å²) in [7, 11) is 0. The van der Waals surface area contributed by atoms with Gasteiger partial charge in [-0.25, -0.2) is 0 Å². The van der Waals surface area contributed by atoms with Gasteiger partial charge in [-0.3, -0.25) is 0 Å². The van der Waals surface area contributed by atoms with Crippen molar-refractivity contribution in [3.05, 3.63) is 0 Å². The molecule has 2 nitrogen and oxygen atoms in total. The van der Waals surface area contributed by atoms with Gasteiger partial charge in [-0.15, -0.1) is 0 Å². The van der Waals surface area contributed by atoms with Crippen molar-refractivity contribution in [3.63, 3.8) is 0 Å². The van der Waals surface area contributed by atoms with Crippen LogP contribution in [0.1, 0.15) is 27.2 Å². The second-order valence-corrected chi connectivity index (χ2v) is 4.55. The zero-order chi connectivity index (χ0) is 9.45. The Morgan fingerprint density at radius 3 is 2.42 bits per heavy atom. The Balaban J connectivity index is 3.01. The maximum atomic E-state index is 5.54. The molecular formula is C9H20BrNO. The van der Waals surface area contributed by atoms with Gasteiger partial charge in [0.2, 0.25) is 0 Å². The van der Waals surface area contributed by atoms with Crippen molar-refractivity contribution in [1.82, 2.24) is 5.32 Å². The third-order valence-electron chi connectivity index (χ3n) is 1.30. The highest BCUT2D eigenvalue weighted by molar-refractivity contribution is 9.09. The van der Waals surface area contributed by atoms with Crippen molar-refractivity contribution >= 4 is 15.9 Å². The highest BCUT2D eigenvalue weighted by Gasteiger charge is 2.08. The molecule has 0 bridgehead atoms. The molecule has 0 aromatic heterocycles. The van der Waals surface area contributed by atoms with E-state index in [1.165, 1.54) is 6.42 Å². The van der Waals surface area contributed by atoms with Crippen LogP contribution in [0.4, 0.5) is 0 Å². The van der Waals surface area contributed by atoms with Crippen LogP contribution in [0.15, 0.2) is 0 Å². The molecule has 0 aromatic rings. The fraction of sp³-hybridized carbons (Fsp3) is 1.00. The summed E-state index contributed by atoms with van der Waals surface area (Å²) >= 11 is 3.38. The molecule has 0 saturated carbocycles. The van der Waals surface area contributed by atoms with Crippen LogP contribution in [0.3, 0.4) is 0 Å². The minimum absolute atomic E-state index is 0.00287. The summed E-state index contributed by atoms with van der Waals surface area (Å²) in [6.45, 7) is 9.04. The Hall–Kier alpha value is 0.400.